The Morgan fingerprint density at radius 2 is 2.14 bits per heavy atom. The number of methoxy groups -OCH3 is 1. The molecule has 0 spiro atoms. The number of rotatable bonds is 2. The van der Waals surface area contributed by atoms with Crippen molar-refractivity contribution in [2.24, 2.45) is 0 Å². The Morgan fingerprint density at radius 3 is 2.57 bits per heavy atom. The van der Waals surface area contributed by atoms with Gasteiger partial charge in [0.25, 0.3) is 0 Å². The molecule has 0 aliphatic carbocycles. The average Bonchev–Trinajstić information content (AvgIpc) is 2.16. The molecule has 0 saturated heterocycles. The third kappa shape index (κ3) is 1.99. The van der Waals surface area contributed by atoms with Gasteiger partial charge in [-0.2, -0.15) is 0 Å². The molecule has 0 N–H and O–H groups in total. The lowest BCUT2D eigenvalue weighted by molar-refractivity contribution is 0.0595. The van der Waals surface area contributed by atoms with E-state index in [0.717, 1.165) is 5.57 Å². The molecule has 0 amide bonds. The summed E-state index contributed by atoms with van der Waals surface area (Å²) in [6.07, 6.45) is 0. The Balaban J connectivity index is 3.14. The molecule has 0 heterocycles. The molecular formula is C11H11FO2. The van der Waals surface area contributed by atoms with E-state index in [0.29, 0.717) is 5.56 Å². The Morgan fingerprint density at radius 1 is 1.50 bits per heavy atom. The lowest BCUT2D eigenvalue weighted by Crippen LogP contribution is -2.04. The van der Waals surface area contributed by atoms with Crippen LogP contribution >= 0.6 is 0 Å². The first-order chi connectivity index (χ1) is 6.56. The van der Waals surface area contributed by atoms with Crippen molar-refractivity contribution in [2.75, 3.05) is 7.11 Å². The number of hydrogen-bond donors (Lipinski definition) is 0. The smallest absolute Gasteiger partial charge is 0.340 e. The van der Waals surface area contributed by atoms with Gasteiger partial charge < -0.3 is 4.74 Å². The molecule has 1 rings (SSSR count). The summed E-state index contributed by atoms with van der Waals surface area (Å²) in [7, 11) is 1.22. The number of hydrogen-bond acceptors (Lipinski definition) is 2. The molecular weight excluding hydrogens is 183 g/mol. The van der Waals surface area contributed by atoms with Crippen LogP contribution in [0.15, 0.2) is 24.8 Å². The van der Waals surface area contributed by atoms with Crippen molar-refractivity contribution in [3.8, 4) is 0 Å². The Kier molecular flexibility index (Phi) is 3.02. The summed E-state index contributed by atoms with van der Waals surface area (Å²) in [5.74, 6) is -1.26. The highest BCUT2D eigenvalue weighted by Gasteiger charge is 2.11. The molecule has 0 saturated carbocycles. The van der Waals surface area contributed by atoms with Crippen LogP contribution in [-0.2, 0) is 4.74 Å². The summed E-state index contributed by atoms with van der Waals surface area (Å²) in [4.78, 5) is 11.0. The highest BCUT2D eigenvalue weighted by molar-refractivity contribution is 5.90. The van der Waals surface area contributed by atoms with Gasteiger partial charge in [0.15, 0.2) is 0 Å². The predicted octanol–water partition coefficient (Wildman–Crippen LogP) is 2.65. The van der Waals surface area contributed by atoms with E-state index < -0.39 is 11.8 Å². The molecule has 1 aromatic carbocycles. The first-order valence-corrected chi connectivity index (χ1v) is 4.10. The van der Waals surface area contributed by atoms with E-state index in [9.17, 15) is 9.18 Å². The molecule has 3 heteroatoms. The first kappa shape index (κ1) is 10.4. The molecule has 0 atom stereocenters. The number of esters is 1. The van der Waals surface area contributed by atoms with Gasteiger partial charge in [-0.15, -0.1) is 0 Å². The van der Waals surface area contributed by atoms with Crippen LogP contribution in [0.5, 0.6) is 0 Å². The van der Waals surface area contributed by atoms with Crippen LogP contribution in [0.1, 0.15) is 22.8 Å². The van der Waals surface area contributed by atoms with Crippen LogP contribution in [0, 0.1) is 5.82 Å². The monoisotopic (exact) mass is 194 g/mol. The maximum Gasteiger partial charge on any atom is 0.340 e. The van der Waals surface area contributed by atoms with Crippen molar-refractivity contribution in [3.63, 3.8) is 0 Å². The maximum absolute atomic E-state index is 13.3. The van der Waals surface area contributed by atoms with E-state index in [-0.39, 0.29) is 5.56 Å². The summed E-state index contributed by atoms with van der Waals surface area (Å²) in [6.45, 7) is 5.45. The molecule has 0 unspecified atom stereocenters. The van der Waals surface area contributed by atoms with E-state index in [2.05, 4.69) is 11.3 Å². The molecule has 74 valence electrons. The number of benzene rings is 1. The fourth-order valence-corrected chi connectivity index (χ4v) is 1.06. The van der Waals surface area contributed by atoms with Crippen LogP contribution in [0.3, 0.4) is 0 Å². The van der Waals surface area contributed by atoms with Crippen molar-refractivity contribution in [1.29, 1.82) is 0 Å². The average molecular weight is 194 g/mol. The minimum atomic E-state index is -0.671. The number of halogens is 1. The van der Waals surface area contributed by atoms with Crippen molar-refractivity contribution in [1.82, 2.24) is 0 Å². The number of carbonyl (C=O) groups is 1. The second kappa shape index (κ2) is 4.05. The van der Waals surface area contributed by atoms with Crippen molar-refractivity contribution >= 4 is 11.5 Å². The Hall–Kier alpha value is -1.64. The Bertz CT molecular complexity index is 383. The number of carbonyl (C=O) groups excluding carboxylic acids is 1. The topological polar surface area (TPSA) is 26.3 Å². The molecule has 0 aromatic heterocycles. The van der Waals surface area contributed by atoms with E-state index in [1.165, 1.54) is 19.2 Å². The molecule has 0 fully saturated rings. The van der Waals surface area contributed by atoms with Crippen molar-refractivity contribution in [2.45, 2.75) is 6.92 Å². The van der Waals surface area contributed by atoms with Crippen LogP contribution < -0.4 is 0 Å². The number of ether oxygens (including phenoxy) is 1. The highest BCUT2D eigenvalue weighted by atomic mass is 19.1. The van der Waals surface area contributed by atoms with Gasteiger partial charge >= 0.3 is 5.97 Å². The lowest BCUT2D eigenvalue weighted by atomic mass is 10.1. The standard InChI is InChI=1S/C11H11FO2/c1-7(2)8-4-5-9(10(12)6-8)11(13)14-3/h4-6H,1H2,2-3H3. The molecule has 0 aliphatic rings. The summed E-state index contributed by atoms with van der Waals surface area (Å²) in [5.41, 5.74) is 1.37. The zero-order valence-corrected chi connectivity index (χ0v) is 8.13. The van der Waals surface area contributed by atoms with Gasteiger partial charge in [0.05, 0.1) is 12.7 Å². The van der Waals surface area contributed by atoms with E-state index >= 15 is 0 Å². The van der Waals surface area contributed by atoms with E-state index in [1.54, 1.807) is 13.0 Å². The van der Waals surface area contributed by atoms with Gasteiger partial charge in [0.1, 0.15) is 5.82 Å². The predicted molar refractivity (Wildman–Crippen MR) is 52.4 cm³/mol. The molecule has 0 radical (unpaired) electrons. The lowest BCUT2D eigenvalue weighted by Gasteiger charge is -2.03. The van der Waals surface area contributed by atoms with Gasteiger partial charge in [-0.1, -0.05) is 18.2 Å². The second-order valence-corrected chi connectivity index (χ2v) is 2.97. The summed E-state index contributed by atoms with van der Waals surface area (Å²) in [6, 6.07) is 4.30. The zero-order valence-electron chi connectivity index (χ0n) is 8.13. The van der Waals surface area contributed by atoms with E-state index in [4.69, 9.17) is 0 Å². The third-order valence-electron chi connectivity index (χ3n) is 1.87. The minimum absolute atomic E-state index is 0.0579. The van der Waals surface area contributed by atoms with Gasteiger partial charge in [0.2, 0.25) is 0 Å². The SMILES string of the molecule is C=C(C)c1ccc(C(=O)OC)c(F)c1. The summed E-state index contributed by atoms with van der Waals surface area (Å²) < 4.78 is 17.7. The van der Waals surface area contributed by atoms with Gasteiger partial charge in [-0.25, -0.2) is 9.18 Å². The third-order valence-corrected chi connectivity index (χ3v) is 1.87. The normalized spacial score (nSPS) is 9.64. The van der Waals surface area contributed by atoms with Gasteiger partial charge in [-0.3, -0.25) is 0 Å². The summed E-state index contributed by atoms with van der Waals surface area (Å²) in [5, 5.41) is 0. The maximum atomic E-state index is 13.3. The second-order valence-electron chi connectivity index (χ2n) is 2.97. The van der Waals surface area contributed by atoms with Crippen LogP contribution in [0.2, 0.25) is 0 Å². The molecule has 0 aliphatic heterocycles. The van der Waals surface area contributed by atoms with Crippen LogP contribution in [0.4, 0.5) is 4.39 Å². The molecule has 14 heavy (non-hydrogen) atoms. The Labute approximate surface area is 82.0 Å². The van der Waals surface area contributed by atoms with Crippen molar-refractivity contribution < 1.29 is 13.9 Å². The van der Waals surface area contributed by atoms with E-state index in [1.807, 2.05) is 0 Å². The van der Waals surface area contributed by atoms with Crippen LogP contribution in [-0.4, -0.2) is 13.1 Å². The first-order valence-electron chi connectivity index (χ1n) is 4.10. The summed E-state index contributed by atoms with van der Waals surface area (Å²) >= 11 is 0. The fraction of sp³-hybridized carbons (Fsp3) is 0.182. The molecule has 0 bridgehead atoms. The quantitative estimate of drug-likeness (QED) is 0.676. The van der Waals surface area contributed by atoms with Crippen LogP contribution in [0.25, 0.3) is 5.57 Å². The van der Waals surface area contributed by atoms with Crippen molar-refractivity contribution in [3.05, 3.63) is 41.7 Å². The molecule has 2 nitrogen and oxygen atoms in total. The number of allylic oxidation sites excluding steroid dienone is 1. The molecule has 1 aromatic rings. The van der Waals surface area contributed by atoms with Gasteiger partial charge in [-0.05, 0) is 24.6 Å². The highest BCUT2D eigenvalue weighted by Crippen LogP contribution is 2.16. The van der Waals surface area contributed by atoms with Gasteiger partial charge in [0, 0.05) is 0 Å². The minimum Gasteiger partial charge on any atom is -0.465 e. The zero-order chi connectivity index (χ0) is 10.7. The fourth-order valence-electron chi connectivity index (χ4n) is 1.06. The largest absolute Gasteiger partial charge is 0.465 e.